The molecule has 0 radical (unpaired) electrons. The monoisotopic (exact) mass is 507 g/mol. The van der Waals surface area contributed by atoms with Gasteiger partial charge in [0, 0.05) is 30.4 Å². The molecule has 0 unspecified atom stereocenters. The largest absolute Gasteiger partial charge is 0.496 e. The minimum atomic E-state index is -3.73. The molecule has 0 aliphatic heterocycles. The van der Waals surface area contributed by atoms with E-state index in [2.05, 4.69) is 5.32 Å². The third-order valence-electron chi connectivity index (χ3n) is 4.90. The summed E-state index contributed by atoms with van der Waals surface area (Å²) in [5, 5.41) is 12.4. The Morgan fingerprint density at radius 1 is 0.914 bits per heavy atom. The average molecular weight is 508 g/mol. The number of anilines is 1. The number of carboxylic acid groups (broad SMARTS) is 1. The molecule has 0 spiro atoms. The van der Waals surface area contributed by atoms with Crippen LogP contribution >= 0.6 is 0 Å². The van der Waals surface area contributed by atoms with Crippen molar-refractivity contribution in [2.75, 3.05) is 33.8 Å². The van der Waals surface area contributed by atoms with Crippen LogP contribution in [0.25, 0.3) is 6.08 Å². The second-order valence-electron chi connectivity index (χ2n) is 7.39. The van der Waals surface area contributed by atoms with Gasteiger partial charge in [-0.25, -0.2) is 8.42 Å². The Morgan fingerprint density at radius 3 is 2.09 bits per heavy atom. The molecule has 0 saturated heterocycles. The Kier molecular flexibility index (Phi) is 9.95. The van der Waals surface area contributed by atoms with Crippen LogP contribution in [0.4, 0.5) is 5.69 Å². The molecule has 2 aromatic carbocycles. The summed E-state index contributed by atoms with van der Waals surface area (Å²) in [7, 11) is 2.09. The van der Waals surface area contributed by atoms with E-state index in [9.17, 15) is 18.0 Å². The maximum atomic E-state index is 12.8. The highest BCUT2D eigenvalue weighted by atomic mass is 32.2. The molecule has 11 heteroatoms. The van der Waals surface area contributed by atoms with Crippen molar-refractivity contribution in [3.63, 3.8) is 0 Å². The number of ether oxygens (including phenoxy) is 4. The minimum absolute atomic E-state index is 0.00620. The van der Waals surface area contributed by atoms with Crippen molar-refractivity contribution in [2.45, 2.75) is 25.0 Å². The summed E-state index contributed by atoms with van der Waals surface area (Å²) in [5.74, 6) is -0.120. The molecule has 0 atom stereocenters. The minimum Gasteiger partial charge on any atom is -0.496 e. The standard InChI is InChI=1S/C24H29NO9S/c1-31-17-13-21(33-3)18(22(14-17)34-4)10-11-35(29,30)15-16-8-9-20(32-2)19(12-16)25-23(26)6-5-7-24(27)28/h8-14H,5-7,15H2,1-4H3,(H,25,26)(H,27,28)/b11-10-. The molecule has 10 nitrogen and oxygen atoms in total. The van der Waals surface area contributed by atoms with Gasteiger partial charge in [-0.1, -0.05) is 6.07 Å². The first-order chi connectivity index (χ1) is 16.6. The van der Waals surface area contributed by atoms with Gasteiger partial charge in [-0.2, -0.15) is 0 Å². The Hall–Kier alpha value is -3.73. The molecule has 0 bridgehead atoms. The number of nitrogens with one attached hydrogen (secondary N) is 1. The lowest BCUT2D eigenvalue weighted by Gasteiger charge is -2.13. The van der Waals surface area contributed by atoms with E-state index >= 15 is 0 Å². The molecule has 1 amide bonds. The van der Waals surface area contributed by atoms with Gasteiger partial charge in [0.15, 0.2) is 9.84 Å². The normalized spacial score (nSPS) is 11.2. The number of carboxylic acids is 1. The van der Waals surface area contributed by atoms with Gasteiger partial charge in [-0.3, -0.25) is 9.59 Å². The third kappa shape index (κ3) is 8.21. The van der Waals surface area contributed by atoms with Crippen molar-refractivity contribution in [1.82, 2.24) is 0 Å². The van der Waals surface area contributed by atoms with Crippen molar-refractivity contribution in [3.8, 4) is 23.0 Å². The van der Waals surface area contributed by atoms with Crippen molar-refractivity contribution in [3.05, 3.63) is 46.9 Å². The molecule has 0 saturated carbocycles. The van der Waals surface area contributed by atoms with Gasteiger partial charge in [-0.15, -0.1) is 0 Å². The fourth-order valence-electron chi connectivity index (χ4n) is 3.20. The Bertz CT molecular complexity index is 1160. The molecule has 0 heterocycles. The zero-order valence-corrected chi connectivity index (χ0v) is 20.8. The van der Waals surface area contributed by atoms with Crippen LogP contribution in [0.1, 0.15) is 30.4 Å². The lowest BCUT2D eigenvalue weighted by molar-refractivity contribution is -0.137. The maximum Gasteiger partial charge on any atom is 0.303 e. The molecule has 35 heavy (non-hydrogen) atoms. The lowest BCUT2D eigenvalue weighted by Crippen LogP contribution is -2.13. The van der Waals surface area contributed by atoms with Gasteiger partial charge < -0.3 is 29.4 Å². The van der Waals surface area contributed by atoms with Crippen molar-refractivity contribution in [2.24, 2.45) is 0 Å². The molecular formula is C24H29NO9S. The zero-order chi connectivity index (χ0) is 26.0. The predicted molar refractivity (Wildman–Crippen MR) is 131 cm³/mol. The first-order valence-electron chi connectivity index (χ1n) is 10.5. The van der Waals surface area contributed by atoms with Crippen LogP contribution in [-0.4, -0.2) is 53.8 Å². The fraction of sp³-hybridized carbons (Fsp3) is 0.333. The Balaban J connectivity index is 2.23. The molecule has 2 rings (SSSR count). The van der Waals surface area contributed by atoms with Crippen molar-refractivity contribution >= 4 is 33.5 Å². The van der Waals surface area contributed by atoms with Crippen LogP contribution in [-0.2, 0) is 25.2 Å². The van der Waals surface area contributed by atoms with Crippen LogP contribution in [0.3, 0.4) is 0 Å². The quantitative estimate of drug-likeness (QED) is 0.417. The third-order valence-corrected chi connectivity index (χ3v) is 6.18. The number of rotatable bonds is 13. The van der Waals surface area contributed by atoms with Crippen LogP contribution in [0.5, 0.6) is 23.0 Å². The highest BCUT2D eigenvalue weighted by molar-refractivity contribution is 7.93. The van der Waals surface area contributed by atoms with Gasteiger partial charge in [0.1, 0.15) is 23.0 Å². The van der Waals surface area contributed by atoms with E-state index in [-0.39, 0.29) is 25.0 Å². The van der Waals surface area contributed by atoms with E-state index in [0.717, 1.165) is 5.41 Å². The fourth-order valence-corrected chi connectivity index (χ4v) is 4.29. The first-order valence-corrected chi connectivity index (χ1v) is 12.2. The van der Waals surface area contributed by atoms with E-state index < -0.39 is 21.7 Å². The van der Waals surface area contributed by atoms with Crippen LogP contribution in [0, 0.1) is 0 Å². The van der Waals surface area contributed by atoms with Crippen molar-refractivity contribution < 1.29 is 42.1 Å². The average Bonchev–Trinajstić information content (AvgIpc) is 2.81. The summed E-state index contributed by atoms with van der Waals surface area (Å²) in [6, 6.07) is 7.87. The molecule has 2 N–H and O–H groups in total. The van der Waals surface area contributed by atoms with Gasteiger partial charge >= 0.3 is 5.97 Å². The van der Waals surface area contributed by atoms with E-state index in [1.807, 2.05) is 0 Å². The second-order valence-corrected chi connectivity index (χ2v) is 9.27. The number of carbonyl (C=O) groups excluding carboxylic acids is 1. The highest BCUT2D eigenvalue weighted by Crippen LogP contribution is 2.35. The molecular weight excluding hydrogens is 478 g/mol. The summed E-state index contributed by atoms with van der Waals surface area (Å²) < 4.78 is 46.8. The number of amides is 1. The lowest BCUT2D eigenvalue weighted by atomic mass is 10.1. The number of sulfone groups is 1. The molecule has 2 aromatic rings. The van der Waals surface area contributed by atoms with Crippen LogP contribution in [0.2, 0.25) is 0 Å². The van der Waals surface area contributed by atoms with Gasteiger partial charge in [0.25, 0.3) is 0 Å². The van der Waals surface area contributed by atoms with E-state index in [0.29, 0.717) is 39.8 Å². The zero-order valence-electron chi connectivity index (χ0n) is 20.0. The number of carbonyl (C=O) groups is 2. The smallest absolute Gasteiger partial charge is 0.303 e. The maximum absolute atomic E-state index is 12.8. The summed E-state index contributed by atoms with van der Waals surface area (Å²) in [4.78, 5) is 22.8. The van der Waals surface area contributed by atoms with Crippen LogP contribution in [0.15, 0.2) is 35.7 Å². The number of benzene rings is 2. The highest BCUT2D eigenvalue weighted by Gasteiger charge is 2.15. The van der Waals surface area contributed by atoms with Gasteiger partial charge in [0.05, 0.1) is 45.4 Å². The second kappa shape index (κ2) is 12.7. The predicted octanol–water partition coefficient (Wildman–Crippen LogP) is 3.50. The SMILES string of the molecule is COc1cc(OC)c(/C=C\S(=O)(=O)Cc2ccc(OC)c(NC(=O)CCCC(=O)O)c2)c(OC)c1. The molecule has 0 aromatic heterocycles. The summed E-state index contributed by atoms with van der Waals surface area (Å²) >= 11 is 0. The van der Waals surface area contributed by atoms with Gasteiger partial charge in [0.2, 0.25) is 5.91 Å². The summed E-state index contributed by atoms with van der Waals surface area (Å²) in [5.41, 5.74) is 1.15. The molecule has 0 aliphatic rings. The Labute approximate surface area is 204 Å². The summed E-state index contributed by atoms with van der Waals surface area (Å²) in [6.45, 7) is 0. The number of hydrogen-bond acceptors (Lipinski definition) is 8. The number of hydrogen-bond donors (Lipinski definition) is 2. The van der Waals surface area contributed by atoms with E-state index in [1.54, 1.807) is 24.3 Å². The Morgan fingerprint density at radius 2 is 1.54 bits per heavy atom. The first kappa shape index (κ1) is 27.5. The van der Waals surface area contributed by atoms with Crippen molar-refractivity contribution in [1.29, 1.82) is 0 Å². The molecule has 0 aliphatic carbocycles. The molecule has 190 valence electrons. The summed E-state index contributed by atoms with van der Waals surface area (Å²) in [6.07, 6.45) is 1.45. The van der Waals surface area contributed by atoms with E-state index in [1.165, 1.54) is 40.6 Å². The number of aliphatic carboxylic acids is 1. The van der Waals surface area contributed by atoms with Gasteiger partial charge in [-0.05, 0) is 30.2 Å². The molecule has 0 fully saturated rings. The van der Waals surface area contributed by atoms with Crippen LogP contribution < -0.4 is 24.3 Å². The van der Waals surface area contributed by atoms with E-state index in [4.69, 9.17) is 24.1 Å². The topological polar surface area (TPSA) is 137 Å². The number of methoxy groups -OCH3 is 4.